The van der Waals surface area contributed by atoms with Gasteiger partial charge in [0.15, 0.2) is 0 Å². The number of carboxylic acid groups (broad SMARTS) is 1. The third kappa shape index (κ3) is 8.54. The molecule has 24 heavy (non-hydrogen) atoms. The van der Waals surface area contributed by atoms with Crippen molar-refractivity contribution in [3.63, 3.8) is 0 Å². The molecule has 1 unspecified atom stereocenters. The molecule has 0 aromatic heterocycles. The predicted octanol–water partition coefficient (Wildman–Crippen LogP) is 4.49. The fourth-order valence-electron chi connectivity index (χ4n) is 1.93. The Balaban J connectivity index is 0.000000240. The van der Waals surface area contributed by atoms with Crippen molar-refractivity contribution in [2.24, 2.45) is 0 Å². The van der Waals surface area contributed by atoms with Crippen LogP contribution in [0.5, 0.6) is 0 Å². The van der Waals surface area contributed by atoms with Gasteiger partial charge in [-0.05, 0) is 23.1 Å². The van der Waals surface area contributed by atoms with Crippen molar-refractivity contribution < 1.29 is 19.4 Å². The summed E-state index contributed by atoms with van der Waals surface area (Å²) in [4.78, 5) is 20.7. The number of hydrogen-bond acceptors (Lipinski definition) is 3. The van der Waals surface area contributed by atoms with E-state index in [0.717, 1.165) is 11.1 Å². The van der Waals surface area contributed by atoms with Crippen LogP contribution in [0, 0.1) is 0 Å². The highest BCUT2D eigenvalue weighted by Gasteiger charge is 2.08. The first kappa shape index (κ1) is 19.2. The summed E-state index contributed by atoms with van der Waals surface area (Å²) in [6, 6.07) is 19.3. The van der Waals surface area contributed by atoms with Gasteiger partial charge in [0.2, 0.25) is 0 Å². The smallest absolute Gasteiger partial charge is 0.307 e. The van der Waals surface area contributed by atoms with Crippen molar-refractivity contribution in [3.05, 3.63) is 78.1 Å². The Morgan fingerprint density at radius 1 is 1.04 bits per heavy atom. The predicted molar refractivity (Wildman–Crippen MR) is 94.4 cm³/mol. The zero-order chi connectivity index (χ0) is 17.8. The minimum absolute atomic E-state index is 0.101. The van der Waals surface area contributed by atoms with Crippen LogP contribution in [0.4, 0.5) is 0 Å². The number of benzene rings is 2. The Labute approximate surface area is 142 Å². The average molecular weight is 326 g/mol. The van der Waals surface area contributed by atoms with Gasteiger partial charge < -0.3 is 9.84 Å². The fourth-order valence-corrected chi connectivity index (χ4v) is 1.93. The van der Waals surface area contributed by atoms with Crippen molar-refractivity contribution >= 4 is 18.0 Å². The normalized spacial score (nSPS) is 11.2. The van der Waals surface area contributed by atoms with E-state index in [9.17, 15) is 9.59 Å². The van der Waals surface area contributed by atoms with Gasteiger partial charge in [-0.1, -0.05) is 67.6 Å². The highest BCUT2D eigenvalue weighted by Crippen LogP contribution is 2.17. The minimum atomic E-state index is -0.744. The summed E-state index contributed by atoms with van der Waals surface area (Å²) in [6.07, 6.45) is 3.32. The molecule has 0 aliphatic carbocycles. The standard InChI is InChI=1S/C10H10O2.C10H12O2/c1-9(11)12-8-7-10-5-3-2-4-6-10;1-8(7-10(11)12)9-5-3-2-4-6-9/h2-8H,1H3;2-6,8H,7H2,1H3,(H,11,12). The molecule has 0 bridgehead atoms. The van der Waals surface area contributed by atoms with E-state index in [2.05, 4.69) is 4.74 Å². The van der Waals surface area contributed by atoms with Crippen LogP contribution in [0.1, 0.15) is 37.3 Å². The topological polar surface area (TPSA) is 63.6 Å². The summed E-state index contributed by atoms with van der Waals surface area (Å²) in [6.45, 7) is 3.29. The summed E-state index contributed by atoms with van der Waals surface area (Å²) < 4.78 is 4.63. The molecule has 126 valence electrons. The zero-order valence-corrected chi connectivity index (χ0v) is 13.9. The fraction of sp³-hybridized carbons (Fsp3) is 0.200. The van der Waals surface area contributed by atoms with E-state index >= 15 is 0 Å². The molecule has 2 rings (SSSR count). The lowest BCUT2D eigenvalue weighted by molar-refractivity contribution is -0.137. The van der Waals surface area contributed by atoms with Crippen LogP contribution in [-0.4, -0.2) is 17.0 Å². The van der Waals surface area contributed by atoms with Crippen molar-refractivity contribution in [1.29, 1.82) is 0 Å². The Morgan fingerprint density at radius 3 is 2.08 bits per heavy atom. The van der Waals surface area contributed by atoms with Gasteiger partial charge in [-0.15, -0.1) is 0 Å². The maximum atomic E-state index is 10.4. The van der Waals surface area contributed by atoms with Gasteiger partial charge in [-0.25, -0.2) is 0 Å². The first-order valence-corrected chi connectivity index (χ1v) is 7.64. The Morgan fingerprint density at radius 2 is 1.58 bits per heavy atom. The molecule has 2 aromatic rings. The number of carboxylic acids is 1. The summed E-state index contributed by atoms with van der Waals surface area (Å²) in [7, 11) is 0. The van der Waals surface area contributed by atoms with Crippen molar-refractivity contribution in [3.8, 4) is 0 Å². The van der Waals surface area contributed by atoms with Crippen molar-refractivity contribution in [2.75, 3.05) is 0 Å². The highest BCUT2D eigenvalue weighted by atomic mass is 16.5. The van der Waals surface area contributed by atoms with Crippen LogP contribution in [0.2, 0.25) is 0 Å². The second-order valence-electron chi connectivity index (χ2n) is 5.23. The average Bonchev–Trinajstić information content (AvgIpc) is 2.56. The number of rotatable bonds is 5. The maximum Gasteiger partial charge on any atom is 0.307 e. The number of aliphatic carboxylic acids is 1. The molecule has 1 atom stereocenters. The first-order chi connectivity index (χ1) is 11.5. The molecule has 0 radical (unpaired) electrons. The second kappa shape index (κ2) is 10.8. The molecule has 2 aromatic carbocycles. The lowest BCUT2D eigenvalue weighted by atomic mass is 9.98. The van der Waals surface area contributed by atoms with E-state index in [1.165, 1.54) is 13.2 Å². The second-order valence-corrected chi connectivity index (χ2v) is 5.23. The van der Waals surface area contributed by atoms with Crippen LogP contribution in [0.3, 0.4) is 0 Å². The molecule has 0 saturated carbocycles. The summed E-state index contributed by atoms with van der Waals surface area (Å²) in [5.41, 5.74) is 2.10. The van der Waals surface area contributed by atoms with E-state index in [4.69, 9.17) is 5.11 Å². The summed E-state index contributed by atoms with van der Waals surface area (Å²) in [5.74, 6) is -0.947. The molecule has 4 heteroatoms. The highest BCUT2D eigenvalue weighted by molar-refractivity contribution is 5.68. The summed E-state index contributed by atoms with van der Waals surface area (Å²) in [5, 5.41) is 8.55. The van der Waals surface area contributed by atoms with Gasteiger partial charge >= 0.3 is 11.9 Å². The Kier molecular flexibility index (Phi) is 8.61. The van der Waals surface area contributed by atoms with E-state index in [0.29, 0.717) is 0 Å². The van der Waals surface area contributed by atoms with E-state index < -0.39 is 5.97 Å². The SMILES string of the molecule is CC(=O)OC=Cc1ccccc1.CC(CC(=O)O)c1ccccc1. The Hall–Kier alpha value is -2.88. The van der Waals surface area contributed by atoms with Crippen LogP contribution < -0.4 is 0 Å². The zero-order valence-electron chi connectivity index (χ0n) is 13.9. The first-order valence-electron chi connectivity index (χ1n) is 7.64. The quantitative estimate of drug-likeness (QED) is 0.650. The lowest BCUT2D eigenvalue weighted by Crippen LogP contribution is -2.02. The van der Waals surface area contributed by atoms with Gasteiger partial charge in [0.05, 0.1) is 12.7 Å². The van der Waals surface area contributed by atoms with Crippen LogP contribution in [-0.2, 0) is 14.3 Å². The van der Waals surface area contributed by atoms with E-state index in [1.54, 1.807) is 6.08 Å². The van der Waals surface area contributed by atoms with Gasteiger partial charge in [0.25, 0.3) is 0 Å². The van der Waals surface area contributed by atoms with Gasteiger partial charge in [-0.2, -0.15) is 0 Å². The molecule has 0 spiro atoms. The number of esters is 1. The largest absolute Gasteiger partial charge is 0.481 e. The summed E-state index contributed by atoms with van der Waals surface area (Å²) >= 11 is 0. The molecule has 0 aliphatic rings. The number of carbonyl (C=O) groups is 2. The maximum absolute atomic E-state index is 10.4. The van der Waals surface area contributed by atoms with Crippen molar-refractivity contribution in [2.45, 2.75) is 26.2 Å². The lowest BCUT2D eigenvalue weighted by Gasteiger charge is -2.07. The Bertz CT molecular complexity index is 648. The van der Waals surface area contributed by atoms with Gasteiger partial charge in [0.1, 0.15) is 0 Å². The molecular weight excluding hydrogens is 304 g/mol. The number of ether oxygens (including phenoxy) is 1. The molecule has 1 N–H and O–H groups in total. The number of carbonyl (C=O) groups excluding carboxylic acids is 1. The van der Waals surface area contributed by atoms with Gasteiger partial charge in [-0.3, -0.25) is 9.59 Å². The third-order valence-electron chi connectivity index (χ3n) is 3.14. The third-order valence-corrected chi connectivity index (χ3v) is 3.14. The van der Waals surface area contributed by atoms with Crippen molar-refractivity contribution in [1.82, 2.24) is 0 Å². The van der Waals surface area contributed by atoms with Crippen LogP contribution in [0.15, 0.2) is 66.9 Å². The number of hydrogen-bond donors (Lipinski definition) is 1. The van der Waals surface area contributed by atoms with E-state index in [1.807, 2.05) is 67.6 Å². The van der Waals surface area contributed by atoms with Crippen LogP contribution in [0.25, 0.3) is 6.08 Å². The molecular formula is C20H22O4. The molecule has 0 amide bonds. The molecule has 0 saturated heterocycles. The molecule has 4 nitrogen and oxygen atoms in total. The van der Waals surface area contributed by atoms with Crippen LogP contribution >= 0.6 is 0 Å². The molecule has 0 aliphatic heterocycles. The molecule has 0 heterocycles. The minimum Gasteiger partial charge on any atom is -0.481 e. The van der Waals surface area contributed by atoms with Gasteiger partial charge in [0, 0.05) is 6.92 Å². The monoisotopic (exact) mass is 326 g/mol. The molecule has 0 fully saturated rings. The van der Waals surface area contributed by atoms with E-state index in [-0.39, 0.29) is 18.3 Å².